The maximum Gasteiger partial charge on any atom is 0.274 e. The number of rotatable bonds is 8. The van der Waals surface area contributed by atoms with Gasteiger partial charge in [-0.05, 0) is 53.1 Å². The van der Waals surface area contributed by atoms with Gasteiger partial charge in [0.1, 0.15) is 11.5 Å². The highest BCUT2D eigenvalue weighted by Gasteiger charge is 2.36. The fourth-order valence-corrected chi connectivity index (χ4v) is 5.89. The number of anilines is 1. The van der Waals surface area contributed by atoms with Crippen LogP contribution in [-0.2, 0) is 21.2 Å². The molecule has 3 aromatic rings. The molecule has 1 heterocycles. The summed E-state index contributed by atoms with van der Waals surface area (Å²) < 4.78 is 37.9. The van der Waals surface area contributed by atoms with Crippen molar-refractivity contribution in [1.29, 1.82) is 0 Å². The summed E-state index contributed by atoms with van der Waals surface area (Å²) in [6, 6.07) is 16.5. The van der Waals surface area contributed by atoms with Crippen LogP contribution in [-0.4, -0.2) is 70.0 Å². The predicted molar refractivity (Wildman–Crippen MR) is 151 cm³/mol. The number of carbonyl (C=O) groups excluding carboxylic acids is 1. The molecule has 1 aliphatic heterocycles. The second-order valence-corrected chi connectivity index (χ2v) is 12.8. The van der Waals surface area contributed by atoms with Crippen molar-refractivity contribution in [2.45, 2.75) is 15.1 Å². The zero-order valence-electron chi connectivity index (χ0n) is 20.9. The Hall–Kier alpha value is -2.43. The van der Waals surface area contributed by atoms with Crippen molar-refractivity contribution in [3.8, 4) is 11.5 Å². The average molecular weight is 601 g/mol. The van der Waals surface area contributed by atoms with E-state index in [4.69, 9.17) is 44.3 Å². The number of hydrogen-bond donors (Lipinski definition) is 1. The Morgan fingerprint density at radius 1 is 0.974 bits per heavy atom. The van der Waals surface area contributed by atoms with Gasteiger partial charge in [0.2, 0.25) is 10.0 Å². The number of amides is 1. The lowest BCUT2D eigenvalue weighted by Gasteiger charge is -2.37. The first-order valence-corrected chi connectivity index (χ1v) is 14.5. The largest absolute Gasteiger partial charge is 0.497 e. The maximum atomic E-state index is 13.2. The Labute approximate surface area is 237 Å². The van der Waals surface area contributed by atoms with Crippen molar-refractivity contribution in [3.63, 3.8) is 0 Å². The van der Waals surface area contributed by atoms with E-state index in [1.807, 2.05) is 41.3 Å². The molecule has 0 saturated carbocycles. The van der Waals surface area contributed by atoms with Crippen LogP contribution in [0, 0.1) is 0 Å². The van der Waals surface area contributed by atoms with Gasteiger partial charge in [-0.3, -0.25) is 4.79 Å². The summed E-state index contributed by atoms with van der Waals surface area (Å²) in [6.45, 7) is 1.70. The predicted octanol–water partition coefficient (Wildman–Crippen LogP) is 4.40. The number of piperazine rings is 1. The zero-order valence-corrected chi connectivity index (χ0v) is 24.0. The normalized spacial score (nSPS) is 14.6. The molecule has 0 atom stereocenters. The van der Waals surface area contributed by atoms with E-state index in [0.29, 0.717) is 44.0 Å². The molecule has 12 heteroatoms. The highest BCUT2D eigenvalue weighted by Crippen LogP contribution is 2.33. The van der Waals surface area contributed by atoms with Crippen LogP contribution in [0.4, 0.5) is 5.69 Å². The third-order valence-electron chi connectivity index (χ3n) is 6.48. The number of ether oxygens (including phenoxy) is 2. The molecule has 1 amide bonds. The van der Waals surface area contributed by atoms with E-state index in [1.165, 1.54) is 18.1 Å². The van der Waals surface area contributed by atoms with Crippen molar-refractivity contribution in [2.75, 3.05) is 51.8 Å². The van der Waals surface area contributed by atoms with Gasteiger partial charge in [-0.2, -0.15) is 0 Å². The molecule has 0 bridgehead atoms. The monoisotopic (exact) mass is 599 g/mol. The van der Waals surface area contributed by atoms with Gasteiger partial charge in [-0.15, -0.1) is 0 Å². The van der Waals surface area contributed by atoms with Crippen molar-refractivity contribution in [3.05, 3.63) is 60.2 Å². The van der Waals surface area contributed by atoms with Crippen LogP contribution in [0.25, 0.3) is 10.8 Å². The van der Waals surface area contributed by atoms with E-state index < -0.39 is 19.7 Å². The Kier molecular flexibility index (Phi) is 8.84. The van der Waals surface area contributed by atoms with Crippen LogP contribution in [0.3, 0.4) is 0 Å². The number of halogens is 3. The minimum absolute atomic E-state index is 0.118. The minimum atomic E-state index is -3.80. The highest BCUT2D eigenvalue weighted by molar-refractivity contribution is 7.89. The Morgan fingerprint density at radius 3 is 2.37 bits per heavy atom. The van der Waals surface area contributed by atoms with Crippen molar-refractivity contribution in [1.82, 2.24) is 9.62 Å². The number of fused-ring (bicyclic) bond motifs is 1. The number of methoxy groups -OCH3 is 2. The van der Waals surface area contributed by atoms with E-state index >= 15 is 0 Å². The Balaban J connectivity index is 1.47. The molecule has 38 heavy (non-hydrogen) atoms. The second kappa shape index (κ2) is 11.8. The molecule has 0 unspecified atom stereocenters. The molecule has 8 nitrogen and oxygen atoms in total. The highest BCUT2D eigenvalue weighted by atomic mass is 35.6. The molecule has 0 aromatic heterocycles. The lowest BCUT2D eigenvalue weighted by molar-refractivity contribution is -0.130. The maximum absolute atomic E-state index is 13.2. The van der Waals surface area contributed by atoms with Gasteiger partial charge in [-0.25, -0.2) is 13.1 Å². The van der Waals surface area contributed by atoms with E-state index in [1.54, 1.807) is 19.2 Å². The van der Waals surface area contributed by atoms with Crippen LogP contribution >= 0.6 is 34.8 Å². The first kappa shape index (κ1) is 28.6. The SMILES string of the molecule is COc1ccc2cccc(CCNS(=O)(=O)c3ccc(OC)c(N4CCN(C(=O)C(Cl)(Cl)Cl)CC4)c3)c2c1. The number of carbonyl (C=O) groups is 1. The summed E-state index contributed by atoms with van der Waals surface area (Å²) >= 11 is 17.2. The van der Waals surface area contributed by atoms with E-state index in [0.717, 1.165) is 22.1 Å². The molecule has 0 radical (unpaired) electrons. The molecule has 0 spiro atoms. The van der Waals surface area contributed by atoms with E-state index in [9.17, 15) is 13.2 Å². The molecule has 204 valence electrons. The third-order valence-corrected chi connectivity index (χ3v) is 8.42. The van der Waals surface area contributed by atoms with Crippen LogP contribution in [0.1, 0.15) is 5.56 Å². The molecule has 0 aliphatic carbocycles. The Bertz CT molecular complexity index is 1420. The van der Waals surface area contributed by atoms with Crippen LogP contribution in [0.5, 0.6) is 11.5 Å². The number of benzene rings is 3. The fraction of sp³-hybridized carbons (Fsp3) is 0.346. The quantitative estimate of drug-likeness (QED) is 0.386. The fourth-order valence-electron chi connectivity index (χ4n) is 4.48. The van der Waals surface area contributed by atoms with Gasteiger partial charge < -0.3 is 19.3 Å². The summed E-state index contributed by atoms with van der Waals surface area (Å²) in [5.74, 6) is 0.683. The van der Waals surface area contributed by atoms with Gasteiger partial charge in [0.15, 0.2) is 0 Å². The summed E-state index contributed by atoms with van der Waals surface area (Å²) in [4.78, 5) is 15.8. The van der Waals surface area contributed by atoms with E-state index in [-0.39, 0.29) is 11.4 Å². The van der Waals surface area contributed by atoms with Gasteiger partial charge in [0.25, 0.3) is 9.70 Å². The summed E-state index contributed by atoms with van der Waals surface area (Å²) in [7, 11) is -0.664. The Morgan fingerprint density at radius 2 is 1.71 bits per heavy atom. The number of alkyl halides is 3. The standard InChI is InChI=1S/C26H28Cl3N3O5S/c1-36-20-7-6-18-4-3-5-19(22(18)16-20)10-11-30-38(34,35)21-8-9-24(37-2)23(17-21)31-12-14-32(15-13-31)25(33)26(27,28)29/h3-9,16-17,30H,10-15H2,1-2H3. The van der Waals surface area contributed by atoms with Gasteiger partial charge in [0, 0.05) is 32.7 Å². The molecular weight excluding hydrogens is 573 g/mol. The van der Waals surface area contributed by atoms with Crippen LogP contribution in [0.15, 0.2) is 59.5 Å². The first-order valence-electron chi connectivity index (χ1n) is 11.9. The molecule has 1 fully saturated rings. The molecule has 1 N–H and O–H groups in total. The number of sulfonamides is 1. The third kappa shape index (κ3) is 6.40. The lowest BCUT2D eigenvalue weighted by atomic mass is 10.0. The van der Waals surface area contributed by atoms with E-state index in [2.05, 4.69) is 4.72 Å². The molecule has 3 aromatic carbocycles. The van der Waals surface area contributed by atoms with Crippen molar-refractivity contribution < 1.29 is 22.7 Å². The summed E-state index contributed by atoms with van der Waals surface area (Å²) in [5.41, 5.74) is 1.62. The first-order chi connectivity index (χ1) is 18.0. The lowest BCUT2D eigenvalue weighted by Crippen LogP contribution is -2.51. The second-order valence-electron chi connectivity index (χ2n) is 8.76. The number of nitrogens with one attached hydrogen (secondary N) is 1. The van der Waals surface area contributed by atoms with Crippen LogP contribution < -0.4 is 19.1 Å². The molecule has 1 aliphatic rings. The molecule has 4 rings (SSSR count). The molecular formula is C26H28Cl3N3O5S. The van der Waals surface area contributed by atoms with Gasteiger partial charge in [0.05, 0.1) is 24.8 Å². The van der Waals surface area contributed by atoms with Crippen molar-refractivity contribution >= 4 is 67.2 Å². The smallest absolute Gasteiger partial charge is 0.274 e. The minimum Gasteiger partial charge on any atom is -0.497 e. The number of hydrogen-bond acceptors (Lipinski definition) is 6. The topological polar surface area (TPSA) is 88.2 Å². The summed E-state index contributed by atoms with van der Waals surface area (Å²) in [5, 5.41) is 2.08. The zero-order chi connectivity index (χ0) is 27.5. The van der Waals surface area contributed by atoms with Crippen molar-refractivity contribution in [2.24, 2.45) is 0 Å². The van der Waals surface area contributed by atoms with Crippen LogP contribution in [0.2, 0.25) is 0 Å². The van der Waals surface area contributed by atoms with Gasteiger partial charge >= 0.3 is 0 Å². The average Bonchev–Trinajstić information content (AvgIpc) is 2.91. The number of nitrogens with zero attached hydrogens (tertiary/aromatic N) is 2. The molecule has 1 saturated heterocycles. The van der Waals surface area contributed by atoms with Gasteiger partial charge in [-0.1, -0.05) is 59.1 Å². The summed E-state index contributed by atoms with van der Waals surface area (Å²) in [6.07, 6.45) is 0.506.